The van der Waals surface area contributed by atoms with Gasteiger partial charge in [0.2, 0.25) is 0 Å². The molecular formula is C14H18N2O3. The molecule has 0 aliphatic rings. The van der Waals surface area contributed by atoms with Crippen molar-refractivity contribution in [3.63, 3.8) is 0 Å². The van der Waals surface area contributed by atoms with Gasteiger partial charge in [0.05, 0.1) is 11.1 Å². The van der Waals surface area contributed by atoms with E-state index in [1.165, 1.54) is 0 Å². The van der Waals surface area contributed by atoms with Gasteiger partial charge in [-0.05, 0) is 39.3 Å². The predicted octanol–water partition coefficient (Wildman–Crippen LogP) is 2.16. The number of aryl methyl sites for hydroxylation is 1. The van der Waals surface area contributed by atoms with Crippen LogP contribution in [0.3, 0.4) is 0 Å². The maximum absolute atomic E-state index is 11.2. The van der Waals surface area contributed by atoms with E-state index in [9.17, 15) is 15.0 Å². The van der Waals surface area contributed by atoms with Crippen molar-refractivity contribution in [1.29, 1.82) is 0 Å². The average molecular weight is 262 g/mol. The number of aliphatic hydroxyl groups is 1. The molecule has 0 spiro atoms. The Morgan fingerprint density at radius 1 is 1.42 bits per heavy atom. The summed E-state index contributed by atoms with van der Waals surface area (Å²) in [5, 5.41) is 18.4. The van der Waals surface area contributed by atoms with Gasteiger partial charge in [-0.25, -0.2) is 9.78 Å². The zero-order valence-corrected chi connectivity index (χ0v) is 11.3. The molecule has 5 heteroatoms. The second-order valence-corrected chi connectivity index (χ2v) is 5.26. The molecule has 1 heterocycles. The van der Waals surface area contributed by atoms with Gasteiger partial charge in [0.25, 0.3) is 0 Å². The van der Waals surface area contributed by atoms with Gasteiger partial charge >= 0.3 is 5.97 Å². The Morgan fingerprint density at radius 2 is 2.11 bits per heavy atom. The van der Waals surface area contributed by atoms with E-state index >= 15 is 0 Å². The molecule has 0 aliphatic heterocycles. The maximum atomic E-state index is 11.2. The predicted molar refractivity (Wildman–Crippen MR) is 72.5 cm³/mol. The third-order valence-corrected chi connectivity index (χ3v) is 3.41. The zero-order valence-electron chi connectivity index (χ0n) is 11.3. The second kappa shape index (κ2) is 4.66. The maximum Gasteiger partial charge on any atom is 0.337 e. The minimum Gasteiger partial charge on any atom is -0.478 e. The third kappa shape index (κ3) is 2.21. The first-order valence-corrected chi connectivity index (χ1v) is 6.21. The number of imidazole rings is 1. The molecule has 0 bridgehead atoms. The number of carboxylic acids is 1. The van der Waals surface area contributed by atoms with E-state index in [-0.39, 0.29) is 17.7 Å². The Bertz CT molecular complexity index is 629. The van der Waals surface area contributed by atoms with Gasteiger partial charge in [0, 0.05) is 12.1 Å². The first-order valence-electron chi connectivity index (χ1n) is 6.21. The molecule has 102 valence electrons. The summed E-state index contributed by atoms with van der Waals surface area (Å²) in [6, 6.07) is 5.14. The number of fused-ring (bicyclic) bond motifs is 1. The van der Waals surface area contributed by atoms with Crippen molar-refractivity contribution in [2.75, 3.05) is 6.61 Å². The van der Waals surface area contributed by atoms with E-state index in [0.29, 0.717) is 11.9 Å². The molecule has 2 N–H and O–H groups in total. The summed E-state index contributed by atoms with van der Waals surface area (Å²) in [5.41, 5.74) is 1.18. The standard InChI is InChI=1S/C14H18N2O3/c1-9-15-12-10(13(18)19)5-4-6-11(12)16(9)14(2,3)7-8-17/h4-6,17H,7-8H2,1-3H3,(H,18,19). The van der Waals surface area contributed by atoms with Gasteiger partial charge in [-0.2, -0.15) is 0 Å². The number of carbonyl (C=O) groups is 1. The summed E-state index contributed by atoms with van der Waals surface area (Å²) < 4.78 is 1.99. The number of nitrogens with zero attached hydrogens (tertiary/aromatic N) is 2. The molecule has 0 unspecified atom stereocenters. The van der Waals surface area contributed by atoms with Gasteiger partial charge < -0.3 is 14.8 Å². The lowest BCUT2D eigenvalue weighted by Gasteiger charge is -2.28. The van der Waals surface area contributed by atoms with Crippen LogP contribution in [0.15, 0.2) is 18.2 Å². The lowest BCUT2D eigenvalue weighted by molar-refractivity contribution is 0.0699. The molecule has 19 heavy (non-hydrogen) atoms. The Balaban J connectivity index is 2.73. The van der Waals surface area contributed by atoms with Crippen molar-refractivity contribution in [2.45, 2.75) is 32.7 Å². The van der Waals surface area contributed by atoms with E-state index < -0.39 is 5.97 Å². The summed E-state index contributed by atoms with van der Waals surface area (Å²) >= 11 is 0. The van der Waals surface area contributed by atoms with Gasteiger partial charge in [-0.15, -0.1) is 0 Å². The minimum atomic E-state index is -0.977. The number of para-hydroxylation sites is 1. The summed E-state index contributed by atoms with van der Waals surface area (Å²) in [7, 11) is 0. The molecule has 0 atom stereocenters. The monoisotopic (exact) mass is 262 g/mol. The van der Waals surface area contributed by atoms with E-state index in [2.05, 4.69) is 4.98 Å². The molecule has 2 rings (SSSR count). The van der Waals surface area contributed by atoms with E-state index in [0.717, 1.165) is 11.3 Å². The fraction of sp³-hybridized carbons (Fsp3) is 0.429. The van der Waals surface area contributed by atoms with Gasteiger partial charge in [0.15, 0.2) is 0 Å². The molecule has 0 aliphatic carbocycles. The quantitative estimate of drug-likeness (QED) is 0.885. The first kappa shape index (κ1) is 13.5. The molecule has 0 amide bonds. The number of carboxylic acid groups (broad SMARTS) is 1. The lowest BCUT2D eigenvalue weighted by Crippen LogP contribution is -2.28. The number of rotatable bonds is 4. The fourth-order valence-corrected chi connectivity index (χ4v) is 2.54. The number of aliphatic hydroxyl groups excluding tert-OH is 1. The van der Waals surface area contributed by atoms with Gasteiger partial charge in [0.1, 0.15) is 11.3 Å². The summed E-state index contributed by atoms with van der Waals surface area (Å²) in [4.78, 5) is 15.6. The Labute approximate surface area is 111 Å². The molecule has 1 aromatic heterocycles. The van der Waals surface area contributed by atoms with Crippen LogP contribution in [0.2, 0.25) is 0 Å². The fourth-order valence-electron chi connectivity index (χ4n) is 2.54. The number of aromatic carboxylic acids is 1. The highest BCUT2D eigenvalue weighted by Gasteiger charge is 2.25. The summed E-state index contributed by atoms with van der Waals surface area (Å²) in [6.45, 7) is 5.94. The molecule has 5 nitrogen and oxygen atoms in total. The normalized spacial score (nSPS) is 12.0. The second-order valence-electron chi connectivity index (χ2n) is 5.26. The Hall–Kier alpha value is -1.88. The highest BCUT2D eigenvalue weighted by molar-refractivity contribution is 6.01. The Morgan fingerprint density at radius 3 is 2.68 bits per heavy atom. The van der Waals surface area contributed by atoms with Gasteiger partial charge in [-0.3, -0.25) is 0 Å². The van der Waals surface area contributed by atoms with Crippen LogP contribution in [0.25, 0.3) is 11.0 Å². The number of hydrogen-bond acceptors (Lipinski definition) is 3. The third-order valence-electron chi connectivity index (χ3n) is 3.41. The van der Waals surface area contributed by atoms with Crippen molar-refractivity contribution in [1.82, 2.24) is 9.55 Å². The largest absolute Gasteiger partial charge is 0.478 e. The average Bonchev–Trinajstić information content (AvgIpc) is 2.64. The molecule has 0 saturated heterocycles. The van der Waals surface area contributed by atoms with E-state index in [1.807, 2.05) is 31.4 Å². The van der Waals surface area contributed by atoms with Crippen molar-refractivity contribution >= 4 is 17.0 Å². The highest BCUT2D eigenvalue weighted by Crippen LogP contribution is 2.29. The van der Waals surface area contributed by atoms with Crippen LogP contribution < -0.4 is 0 Å². The van der Waals surface area contributed by atoms with Crippen molar-refractivity contribution in [3.05, 3.63) is 29.6 Å². The molecule has 2 aromatic rings. The van der Waals surface area contributed by atoms with Crippen molar-refractivity contribution in [3.8, 4) is 0 Å². The molecule has 0 radical (unpaired) electrons. The van der Waals surface area contributed by atoms with Crippen LogP contribution in [0, 0.1) is 6.92 Å². The Kier molecular flexibility index (Phi) is 3.32. The van der Waals surface area contributed by atoms with Crippen molar-refractivity contribution < 1.29 is 15.0 Å². The van der Waals surface area contributed by atoms with Gasteiger partial charge in [-0.1, -0.05) is 6.07 Å². The topological polar surface area (TPSA) is 75.3 Å². The van der Waals surface area contributed by atoms with Crippen LogP contribution in [-0.4, -0.2) is 32.3 Å². The number of aromatic nitrogens is 2. The minimum absolute atomic E-state index is 0.0741. The molecule has 0 saturated carbocycles. The first-order chi connectivity index (χ1) is 8.88. The van der Waals surface area contributed by atoms with Crippen LogP contribution >= 0.6 is 0 Å². The van der Waals surface area contributed by atoms with Crippen LogP contribution in [-0.2, 0) is 5.54 Å². The highest BCUT2D eigenvalue weighted by atomic mass is 16.4. The molecule has 0 fully saturated rings. The van der Waals surface area contributed by atoms with Crippen LogP contribution in [0.1, 0.15) is 36.5 Å². The SMILES string of the molecule is Cc1nc2c(C(=O)O)cccc2n1C(C)(C)CCO. The zero-order chi connectivity index (χ0) is 14.2. The lowest BCUT2D eigenvalue weighted by atomic mass is 10.00. The van der Waals surface area contributed by atoms with Crippen molar-refractivity contribution in [2.24, 2.45) is 0 Å². The van der Waals surface area contributed by atoms with E-state index in [1.54, 1.807) is 12.1 Å². The van der Waals surface area contributed by atoms with Crippen LogP contribution in [0.4, 0.5) is 0 Å². The number of hydrogen-bond donors (Lipinski definition) is 2. The molecule has 1 aromatic carbocycles. The van der Waals surface area contributed by atoms with E-state index in [4.69, 9.17) is 0 Å². The summed E-state index contributed by atoms with van der Waals surface area (Å²) in [6.07, 6.45) is 0.580. The summed E-state index contributed by atoms with van der Waals surface area (Å²) in [5.74, 6) is -0.225. The number of benzene rings is 1. The molecular weight excluding hydrogens is 244 g/mol. The van der Waals surface area contributed by atoms with Crippen LogP contribution in [0.5, 0.6) is 0 Å². The smallest absolute Gasteiger partial charge is 0.337 e.